The second-order valence-electron chi connectivity index (χ2n) is 3.99. The fourth-order valence-corrected chi connectivity index (χ4v) is 1.83. The quantitative estimate of drug-likeness (QED) is 0.600. The minimum absolute atomic E-state index is 0. The Hall–Kier alpha value is -0.320. The first-order valence-electron chi connectivity index (χ1n) is 5.05. The van der Waals surface area contributed by atoms with Gasteiger partial charge in [0.2, 0.25) is 5.91 Å². The lowest BCUT2D eigenvalue weighted by Gasteiger charge is -2.28. The Morgan fingerprint density at radius 1 is 1.29 bits per heavy atom. The second-order valence-corrected chi connectivity index (χ2v) is 3.99. The summed E-state index contributed by atoms with van der Waals surface area (Å²) in [4.78, 5) is 11.4. The lowest BCUT2D eigenvalue weighted by molar-refractivity contribution is -0.122. The van der Waals surface area contributed by atoms with Crippen molar-refractivity contribution in [1.29, 1.82) is 0 Å². The molecule has 0 aromatic rings. The van der Waals surface area contributed by atoms with Crippen LogP contribution in [0.15, 0.2) is 0 Å². The zero-order valence-electron chi connectivity index (χ0n) is 8.21. The van der Waals surface area contributed by atoms with Crippen LogP contribution in [-0.2, 0) is 4.79 Å². The van der Waals surface area contributed by atoms with Crippen molar-refractivity contribution in [2.45, 2.75) is 18.9 Å². The molecule has 1 atom stereocenters. The standard InChI is InChI=1S/C9H17N3O.ClH/c13-9(12-8-5-11-6-8)3-7-1-2-10-4-7;/h7-8,10-11H,1-6H2,(H,12,13);1H. The van der Waals surface area contributed by atoms with Crippen molar-refractivity contribution in [2.24, 2.45) is 5.92 Å². The van der Waals surface area contributed by atoms with Crippen LogP contribution in [-0.4, -0.2) is 38.1 Å². The van der Waals surface area contributed by atoms with Crippen LogP contribution >= 0.6 is 12.4 Å². The molecule has 0 radical (unpaired) electrons. The fourth-order valence-electron chi connectivity index (χ4n) is 1.83. The minimum Gasteiger partial charge on any atom is -0.351 e. The van der Waals surface area contributed by atoms with Gasteiger partial charge in [0.25, 0.3) is 0 Å². The summed E-state index contributed by atoms with van der Waals surface area (Å²) in [5.74, 6) is 0.785. The zero-order valence-corrected chi connectivity index (χ0v) is 9.03. The number of hydrogen-bond acceptors (Lipinski definition) is 3. The van der Waals surface area contributed by atoms with E-state index in [-0.39, 0.29) is 18.3 Å². The largest absolute Gasteiger partial charge is 0.351 e. The number of amides is 1. The number of halogens is 1. The first-order valence-corrected chi connectivity index (χ1v) is 5.05. The summed E-state index contributed by atoms with van der Waals surface area (Å²) in [5.41, 5.74) is 0. The first-order chi connectivity index (χ1) is 6.34. The monoisotopic (exact) mass is 219 g/mol. The van der Waals surface area contributed by atoms with Crippen molar-refractivity contribution < 1.29 is 4.79 Å². The van der Waals surface area contributed by atoms with E-state index in [1.807, 2.05) is 0 Å². The van der Waals surface area contributed by atoms with E-state index in [1.54, 1.807) is 0 Å². The van der Waals surface area contributed by atoms with Crippen LogP contribution in [0.2, 0.25) is 0 Å². The Labute approximate surface area is 90.6 Å². The van der Waals surface area contributed by atoms with E-state index in [4.69, 9.17) is 0 Å². The van der Waals surface area contributed by atoms with Gasteiger partial charge in [0, 0.05) is 19.5 Å². The van der Waals surface area contributed by atoms with E-state index in [2.05, 4.69) is 16.0 Å². The van der Waals surface area contributed by atoms with E-state index in [0.717, 1.165) is 32.6 Å². The molecule has 1 unspecified atom stereocenters. The first kappa shape index (κ1) is 11.8. The Morgan fingerprint density at radius 2 is 2.07 bits per heavy atom. The topological polar surface area (TPSA) is 53.2 Å². The third kappa shape index (κ3) is 3.12. The molecule has 3 N–H and O–H groups in total. The molecule has 1 amide bonds. The predicted octanol–water partition coefficient (Wildman–Crippen LogP) is -0.504. The molecule has 0 spiro atoms. The van der Waals surface area contributed by atoms with Crippen molar-refractivity contribution in [2.75, 3.05) is 26.2 Å². The maximum absolute atomic E-state index is 11.4. The molecule has 0 saturated carbocycles. The van der Waals surface area contributed by atoms with Gasteiger partial charge >= 0.3 is 0 Å². The van der Waals surface area contributed by atoms with Gasteiger partial charge in [0.05, 0.1) is 6.04 Å². The summed E-state index contributed by atoms with van der Waals surface area (Å²) >= 11 is 0. The molecule has 2 aliphatic rings. The third-order valence-electron chi connectivity index (χ3n) is 2.78. The summed E-state index contributed by atoms with van der Waals surface area (Å²) in [6, 6.07) is 0.391. The number of nitrogens with one attached hydrogen (secondary N) is 3. The van der Waals surface area contributed by atoms with Crippen LogP contribution in [0.4, 0.5) is 0 Å². The maximum Gasteiger partial charge on any atom is 0.220 e. The number of hydrogen-bond donors (Lipinski definition) is 3. The van der Waals surface area contributed by atoms with E-state index >= 15 is 0 Å². The van der Waals surface area contributed by atoms with Crippen LogP contribution in [0.1, 0.15) is 12.8 Å². The molecule has 0 aromatic heterocycles. The Bertz CT molecular complexity index is 190. The summed E-state index contributed by atoms with van der Waals surface area (Å²) in [5, 5.41) is 9.41. The van der Waals surface area contributed by atoms with Gasteiger partial charge in [0.15, 0.2) is 0 Å². The Morgan fingerprint density at radius 3 is 2.57 bits per heavy atom. The van der Waals surface area contributed by atoms with Gasteiger partial charge in [-0.1, -0.05) is 0 Å². The number of carbonyl (C=O) groups is 1. The van der Waals surface area contributed by atoms with E-state index in [0.29, 0.717) is 18.4 Å². The molecule has 2 heterocycles. The van der Waals surface area contributed by atoms with E-state index in [1.165, 1.54) is 0 Å². The molecule has 2 rings (SSSR count). The summed E-state index contributed by atoms with van der Waals surface area (Å²) in [7, 11) is 0. The molecule has 0 aliphatic carbocycles. The average molecular weight is 220 g/mol. The van der Waals surface area contributed by atoms with Crippen LogP contribution in [0, 0.1) is 5.92 Å². The number of rotatable bonds is 3. The van der Waals surface area contributed by atoms with Gasteiger partial charge in [-0.25, -0.2) is 0 Å². The highest BCUT2D eigenvalue weighted by atomic mass is 35.5. The van der Waals surface area contributed by atoms with Crippen molar-refractivity contribution in [3.05, 3.63) is 0 Å². The SMILES string of the molecule is Cl.O=C(CC1CCNC1)NC1CNC1. The smallest absolute Gasteiger partial charge is 0.220 e. The molecule has 2 aliphatic heterocycles. The Balaban J connectivity index is 0.000000980. The molecular weight excluding hydrogens is 202 g/mol. The molecule has 4 nitrogen and oxygen atoms in total. The molecule has 2 saturated heterocycles. The highest BCUT2D eigenvalue weighted by Crippen LogP contribution is 2.11. The van der Waals surface area contributed by atoms with Gasteiger partial charge in [0.1, 0.15) is 0 Å². The fraction of sp³-hybridized carbons (Fsp3) is 0.889. The average Bonchev–Trinajstić information content (AvgIpc) is 2.49. The molecule has 0 aromatic carbocycles. The van der Waals surface area contributed by atoms with Gasteiger partial charge in [-0.2, -0.15) is 0 Å². The van der Waals surface area contributed by atoms with Crippen LogP contribution < -0.4 is 16.0 Å². The zero-order chi connectivity index (χ0) is 9.10. The lowest BCUT2D eigenvalue weighted by Crippen LogP contribution is -2.57. The highest BCUT2D eigenvalue weighted by molar-refractivity contribution is 5.85. The Kier molecular flexibility index (Phi) is 4.65. The predicted molar refractivity (Wildman–Crippen MR) is 57.6 cm³/mol. The summed E-state index contributed by atoms with van der Waals surface area (Å²) in [6.07, 6.45) is 1.85. The number of carbonyl (C=O) groups excluding carboxylic acids is 1. The lowest BCUT2D eigenvalue weighted by atomic mass is 10.0. The van der Waals surface area contributed by atoms with Crippen LogP contribution in [0.25, 0.3) is 0 Å². The molecular formula is C9H18ClN3O. The van der Waals surface area contributed by atoms with Gasteiger partial charge in [-0.05, 0) is 25.4 Å². The van der Waals surface area contributed by atoms with Crippen molar-refractivity contribution in [3.8, 4) is 0 Å². The minimum atomic E-state index is 0. The van der Waals surface area contributed by atoms with E-state index in [9.17, 15) is 4.79 Å². The normalized spacial score (nSPS) is 26.4. The van der Waals surface area contributed by atoms with Crippen molar-refractivity contribution in [1.82, 2.24) is 16.0 Å². The molecule has 0 bridgehead atoms. The highest BCUT2D eigenvalue weighted by Gasteiger charge is 2.22. The summed E-state index contributed by atoms with van der Waals surface area (Å²) < 4.78 is 0. The van der Waals surface area contributed by atoms with Gasteiger partial charge < -0.3 is 16.0 Å². The molecule has 82 valence electrons. The summed E-state index contributed by atoms with van der Waals surface area (Å²) in [6.45, 7) is 3.96. The van der Waals surface area contributed by atoms with Crippen molar-refractivity contribution in [3.63, 3.8) is 0 Å². The molecule has 5 heteroatoms. The van der Waals surface area contributed by atoms with Gasteiger partial charge in [-0.3, -0.25) is 4.79 Å². The van der Waals surface area contributed by atoms with Crippen molar-refractivity contribution >= 4 is 18.3 Å². The van der Waals surface area contributed by atoms with Crippen LogP contribution in [0.3, 0.4) is 0 Å². The van der Waals surface area contributed by atoms with E-state index < -0.39 is 0 Å². The van der Waals surface area contributed by atoms with Gasteiger partial charge in [-0.15, -0.1) is 12.4 Å². The maximum atomic E-state index is 11.4. The second kappa shape index (κ2) is 5.53. The molecule has 2 fully saturated rings. The van der Waals surface area contributed by atoms with Crippen LogP contribution in [0.5, 0.6) is 0 Å². The molecule has 14 heavy (non-hydrogen) atoms. The third-order valence-corrected chi connectivity index (χ3v) is 2.78.